The molecule has 11 heavy (non-hydrogen) atoms. The van der Waals surface area contributed by atoms with Crippen molar-refractivity contribution in [2.24, 2.45) is 0 Å². The molecule has 3 nitrogen and oxygen atoms in total. The molecule has 0 aliphatic heterocycles. The van der Waals surface area contributed by atoms with Gasteiger partial charge in [-0.05, 0) is 12.1 Å². The van der Waals surface area contributed by atoms with Gasteiger partial charge in [0, 0.05) is 0 Å². The Morgan fingerprint density at radius 3 is 3.00 bits per heavy atom. The molecular weight excluding hydrogens is 145 g/mol. The molecule has 1 aromatic heterocycles. The molecule has 0 aliphatic rings. The number of hydrogen-bond donors (Lipinski definition) is 1. The minimum absolute atomic E-state index is 0.315. The Labute approximate surface area is 62.2 Å². The second kappa shape index (κ2) is 1.95. The zero-order valence-corrected chi connectivity index (χ0v) is 5.66. The number of hydrogen-bond acceptors (Lipinski definition) is 2. The highest BCUT2D eigenvalue weighted by atomic mass is 19.1. The SMILES string of the molecule is Nn1cnc2c(F)cccc21. The number of halogens is 1. The maximum absolute atomic E-state index is 12.9. The van der Waals surface area contributed by atoms with E-state index in [4.69, 9.17) is 5.84 Å². The third kappa shape index (κ3) is 0.756. The van der Waals surface area contributed by atoms with E-state index < -0.39 is 0 Å². The molecular formula is C7H6FN3. The lowest BCUT2D eigenvalue weighted by Gasteiger charge is -1.92. The molecule has 2 aromatic rings. The summed E-state index contributed by atoms with van der Waals surface area (Å²) in [6.45, 7) is 0. The number of rotatable bonds is 0. The van der Waals surface area contributed by atoms with E-state index in [1.165, 1.54) is 17.1 Å². The Bertz CT molecular complexity index is 393. The minimum Gasteiger partial charge on any atom is -0.338 e. The van der Waals surface area contributed by atoms with Crippen LogP contribution in [0.4, 0.5) is 4.39 Å². The lowest BCUT2D eigenvalue weighted by atomic mass is 10.3. The molecule has 0 amide bonds. The van der Waals surface area contributed by atoms with Crippen LogP contribution in [0.5, 0.6) is 0 Å². The lowest BCUT2D eigenvalue weighted by molar-refractivity contribution is 0.637. The lowest BCUT2D eigenvalue weighted by Crippen LogP contribution is -2.04. The van der Waals surface area contributed by atoms with Crippen LogP contribution in [0, 0.1) is 5.82 Å². The summed E-state index contributed by atoms with van der Waals surface area (Å²) in [4.78, 5) is 3.78. The van der Waals surface area contributed by atoms with Gasteiger partial charge in [0.15, 0.2) is 5.82 Å². The van der Waals surface area contributed by atoms with Gasteiger partial charge in [0.05, 0.1) is 5.52 Å². The highest BCUT2D eigenvalue weighted by Gasteiger charge is 2.03. The first-order valence-corrected chi connectivity index (χ1v) is 3.15. The topological polar surface area (TPSA) is 43.8 Å². The van der Waals surface area contributed by atoms with Crippen molar-refractivity contribution in [3.63, 3.8) is 0 Å². The van der Waals surface area contributed by atoms with Gasteiger partial charge < -0.3 is 5.84 Å². The molecule has 56 valence electrons. The second-order valence-electron chi connectivity index (χ2n) is 2.26. The Kier molecular flexibility index (Phi) is 1.09. The third-order valence-electron chi connectivity index (χ3n) is 1.55. The summed E-state index contributed by atoms with van der Waals surface area (Å²) in [5.41, 5.74) is 0.917. The van der Waals surface area contributed by atoms with E-state index in [0.717, 1.165) is 0 Å². The van der Waals surface area contributed by atoms with Gasteiger partial charge in [-0.2, -0.15) is 0 Å². The number of benzene rings is 1. The third-order valence-corrected chi connectivity index (χ3v) is 1.55. The number of para-hydroxylation sites is 1. The van der Waals surface area contributed by atoms with Gasteiger partial charge in [-0.15, -0.1) is 0 Å². The van der Waals surface area contributed by atoms with Gasteiger partial charge in [0.2, 0.25) is 0 Å². The zero-order chi connectivity index (χ0) is 7.84. The summed E-state index contributed by atoms with van der Waals surface area (Å²) in [5.74, 6) is 5.09. The smallest absolute Gasteiger partial charge is 0.151 e. The molecule has 0 radical (unpaired) electrons. The number of nitrogens with two attached hydrogens (primary N) is 1. The molecule has 0 saturated carbocycles. The van der Waals surface area contributed by atoms with Crippen LogP contribution >= 0.6 is 0 Å². The van der Waals surface area contributed by atoms with E-state index in [1.54, 1.807) is 12.1 Å². The van der Waals surface area contributed by atoms with Crippen LogP contribution in [0.25, 0.3) is 11.0 Å². The average Bonchev–Trinajstić information content (AvgIpc) is 2.35. The van der Waals surface area contributed by atoms with Crippen LogP contribution in [0.3, 0.4) is 0 Å². The maximum Gasteiger partial charge on any atom is 0.151 e. The molecule has 0 saturated heterocycles. The molecule has 2 N–H and O–H groups in total. The van der Waals surface area contributed by atoms with Gasteiger partial charge in [-0.3, -0.25) is 0 Å². The second-order valence-corrected chi connectivity index (χ2v) is 2.26. The molecule has 0 unspecified atom stereocenters. The summed E-state index contributed by atoms with van der Waals surface area (Å²) in [5, 5.41) is 0. The van der Waals surface area contributed by atoms with Gasteiger partial charge in [0.25, 0.3) is 0 Å². The van der Waals surface area contributed by atoms with E-state index >= 15 is 0 Å². The van der Waals surface area contributed by atoms with Gasteiger partial charge in [-0.1, -0.05) is 6.07 Å². The van der Waals surface area contributed by atoms with Crippen LogP contribution in [0.1, 0.15) is 0 Å². The van der Waals surface area contributed by atoms with Crippen molar-refractivity contribution in [1.82, 2.24) is 9.66 Å². The van der Waals surface area contributed by atoms with Crippen LogP contribution in [-0.4, -0.2) is 9.66 Å². The quantitative estimate of drug-likeness (QED) is 0.568. The fourth-order valence-corrected chi connectivity index (χ4v) is 1.02. The molecule has 0 bridgehead atoms. The summed E-state index contributed by atoms with van der Waals surface area (Å²) >= 11 is 0. The first-order valence-electron chi connectivity index (χ1n) is 3.15. The largest absolute Gasteiger partial charge is 0.338 e. The van der Waals surface area contributed by atoms with E-state index in [9.17, 15) is 4.39 Å². The fourth-order valence-electron chi connectivity index (χ4n) is 1.02. The summed E-state index contributed by atoms with van der Waals surface area (Å²) in [7, 11) is 0. The monoisotopic (exact) mass is 151 g/mol. The van der Waals surface area contributed by atoms with E-state index in [2.05, 4.69) is 4.98 Å². The first kappa shape index (κ1) is 6.15. The van der Waals surface area contributed by atoms with Crippen molar-refractivity contribution in [2.45, 2.75) is 0 Å². The molecule has 2 rings (SSSR count). The molecule has 4 heteroatoms. The van der Waals surface area contributed by atoms with Crippen molar-refractivity contribution < 1.29 is 4.39 Å². The van der Waals surface area contributed by atoms with Crippen molar-refractivity contribution in [3.05, 3.63) is 30.3 Å². The maximum atomic E-state index is 12.9. The zero-order valence-electron chi connectivity index (χ0n) is 5.66. The predicted octanol–water partition coefficient (Wildman–Crippen LogP) is 0.889. The normalized spacial score (nSPS) is 10.6. The average molecular weight is 151 g/mol. The molecule has 0 spiro atoms. The molecule has 1 aromatic carbocycles. The van der Waals surface area contributed by atoms with Crippen LogP contribution in [-0.2, 0) is 0 Å². The molecule has 1 heterocycles. The Morgan fingerprint density at radius 2 is 2.27 bits per heavy atom. The minimum atomic E-state index is -0.341. The highest BCUT2D eigenvalue weighted by molar-refractivity contribution is 5.75. The van der Waals surface area contributed by atoms with Crippen molar-refractivity contribution in [2.75, 3.05) is 5.84 Å². The Balaban J connectivity index is 2.94. The molecule has 0 fully saturated rings. The van der Waals surface area contributed by atoms with Crippen molar-refractivity contribution >= 4 is 11.0 Å². The van der Waals surface area contributed by atoms with Crippen LogP contribution < -0.4 is 5.84 Å². The van der Waals surface area contributed by atoms with Crippen molar-refractivity contribution in [1.29, 1.82) is 0 Å². The number of nitrogens with zero attached hydrogens (tertiary/aromatic N) is 2. The first-order chi connectivity index (χ1) is 5.29. The molecule has 0 aliphatic carbocycles. The van der Waals surface area contributed by atoms with E-state index in [1.807, 2.05) is 0 Å². The van der Waals surface area contributed by atoms with Crippen molar-refractivity contribution in [3.8, 4) is 0 Å². The number of aromatic nitrogens is 2. The molecule has 0 atom stereocenters. The standard InChI is InChI=1S/C7H6FN3/c8-5-2-1-3-6-7(5)10-4-11(6)9/h1-4H,9H2. The summed E-state index contributed by atoms with van der Waals surface area (Å²) in [6.07, 6.45) is 1.38. The van der Waals surface area contributed by atoms with Crippen LogP contribution in [0.2, 0.25) is 0 Å². The number of fused-ring (bicyclic) bond motifs is 1. The van der Waals surface area contributed by atoms with E-state index in [-0.39, 0.29) is 5.82 Å². The van der Waals surface area contributed by atoms with E-state index in [0.29, 0.717) is 11.0 Å². The number of nitrogen functional groups attached to an aromatic ring is 1. The Hall–Kier alpha value is -1.58. The van der Waals surface area contributed by atoms with Gasteiger partial charge >= 0.3 is 0 Å². The highest BCUT2D eigenvalue weighted by Crippen LogP contribution is 2.13. The fraction of sp³-hybridized carbons (Fsp3) is 0. The predicted molar refractivity (Wildman–Crippen MR) is 39.8 cm³/mol. The van der Waals surface area contributed by atoms with Crippen LogP contribution in [0.15, 0.2) is 24.5 Å². The Morgan fingerprint density at radius 1 is 1.45 bits per heavy atom. The van der Waals surface area contributed by atoms with Gasteiger partial charge in [-0.25, -0.2) is 14.1 Å². The van der Waals surface area contributed by atoms with Gasteiger partial charge in [0.1, 0.15) is 11.8 Å². The summed E-state index contributed by atoms with van der Waals surface area (Å²) in [6, 6.07) is 4.67. The number of imidazole rings is 1. The summed E-state index contributed by atoms with van der Waals surface area (Å²) < 4.78 is 14.2.